The highest BCUT2D eigenvalue weighted by Crippen LogP contribution is 2.38. The van der Waals surface area contributed by atoms with Crippen LogP contribution in [0.4, 0.5) is 14.6 Å². The smallest absolute Gasteiger partial charge is 0.177 e. The van der Waals surface area contributed by atoms with Gasteiger partial charge in [0.05, 0.1) is 5.56 Å². The van der Waals surface area contributed by atoms with Crippen LogP contribution in [-0.2, 0) is 0 Å². The predicted molar refractivity (Wildman–Crippen MR) is 84.4 cm³/mol. The van der Waals surface area contributed by atoms with Crippen molar-refractivity contribution in [1.29, 1.82) is 0 Å². The summed E-state index contributed by atoms with van der Waals surface area (Å²) in [6, 6.07) is 10.2. The Morgan fingerprint density at radius 3 is 2.33 bits per heavy atom. The Bertz CT molecular complexity index is 800. The second-order valence-corrected chi connectivity index (χ2v) is 5.57. The van der Waals surface area contributed by atoms with Gasteiger partial charge in [-0.05, 0) is 58.5 Å². The van der Waals surface area contributed by atoms with Gasteiger partial charge in [-0.3, -0.25) is 0 Å². The summed E-state index contributed by atoms with van der Waals surface area (Å²) in [7, 11) is 0. The molecule has 0 saturated carbocycles. The first-order valence-electron chi connectivity index (χ1n) is 6.03. The molecule has 0 amide bonds. The minimum atomic E-state index is -0.341. The standard InChI is InChI=1S/C15H9F2IN2O/c16-9-3-1-8(2-4-9)13-14(21-20-15(13)19)11-6-5-10(17)7-12(11)18/h1-7H,(H2,19,20). The first-order chi connectivity index (χ1) is 10.1. The van der Waals surface area contributed by atoms with E-state index in [1.165, 1.54) is 24.3 Å². The van der Waals surface area contributed by atoms with Gasteiger partial charge in [0.25, 0.3) is 0 Å². The van der Waals surface area contributed by atoms with Gasteiger partial charge < -0.3 is 10.3 Å². The molecule has 2 aromatic carbocycles. The highest BCUT2D eigenvalue weighted by atomic mass is 127. The molecule has 6 heteroatoms. The number of nitrogens with two attached hydrogens (primary N) is 1. The molecule has 0 radical (unpaired) electrons. The average molecular weight is 398 g/mol. The molecule has 0 saturated heterocycles. The summed E-state index contributed by atoms with van der Waals surface area (Å²) >= 11 is 2.01. The molecule has 0 spiro atoms. The minimum absolute atomic E-state index is 0.205. The Balaban J connectivity index is 2.19. The van der Waals surface area contributed by atoms with E-state index < -0.39 is 0 Å². The lowest BCUT2D eigenvalue weighted by atomic mass is 10.0. The fourth-order valence-electron chi connectivity index (χ4n) is 2.06. The van der Waals surface area contributed by atoms with Gasteiger partial charge in [-0.25, -0.2) is 8.78 Å². The van der Waals surface area contributed by atoms with Gasteiger partial charge in [-0.2, -0.15) is 0 Å². The summed E-state index contributed by atoms with van der Waals surface area (Å²) in [5, 5.41) is 3.77. The van der Waals surface area contributed by atoms with Crippen LogP contribution in [-0.4, -0.2) is 5.16 Å². The van der Waals surface area contributed by atoms with Crippen LogP contribution >= 0.6 is 22.6 Å². The molecule has 106 valence electrons. The van der Waals surface area contributed by atoms with E-state index in [9.17, 15) is 8.78 Å². The summed E-state index contributed by atoms with van der Waals surface area (Å²) < 4.78 is 32.2. The third-order valence-electron chi connectivity index (χ3n) is 3.03. The highest BCUT2D eigenvalue weighted by Gasteiger charge is 2.19. The number of hydrogen-bond donors (Lipinski definition) is 1. The lowest BCUT2D eigenvalue weighted by Crippen LogP contribution is -1.90. The molecule has 3 rings (SSSR count). The number of aromatic nitrogens is 1. The van der Waals surface area contributed by atoms with E-state index in [4.69, 9.17) is 10.3 Å². The van der Waals surface area contributed by atoms with Gasteiger partial charge in [0, 0.05) is 9.13 Å². The second kappa shape index (κ2) is 5.44. The van der Waals surface area contributed by atoms with Crippen molar-refractivity contribution in [3.05, 3.63) is 57.7 Å². The van der Waals surface area contributed by atoms with E-state index in [0.717, 1.165) is 0 Å². The SMILES string of the molecule is Nc1noc(-c2ccc(F)cc2I)c1-c1ccc(F)cc1. The molecule has 0 fully saturated rings. The molecule has 3 aromatic rings. The first kappa shape index (κ1) is 14.0. The van der Waals surface area contributed by atoms with Crippen LogP contribution in [0, 0.1) is 15.2 Å². The molecule has 0 unspecified atom stereocenters. The van der Waals surface area contributed by atoms with Crippen molar-refractivity contribution in [2.24, 2.45) is 0 Å². The molecule has 3 nitrogen and oxygen atoms in total. The number of nitrogens with zero attached hydrogens (tertiary/aromatic N) is 1. The Morgan fingerprint density at radius 1 is 1.00 bits per heavy atom. The lowest BCUT2D eigenvalue weighted by molar-refractivity contribution is 0.436. The maximum atomic E-state index is 13.2. The molecule has 2 N–H and O–H groups in total. The summed E-state index contributed by atoms with van der Waals surface area (Å²) in [4.78, 5) is 0. The summed E-state index contributed by atoms with van der Waals surface area (Å²) in [5.74, 6) is -0.0362. The molecule has 0 aliphatic heterocycles. The Labute approximate surface area is 132 Å². The van der Waals surface area contributed by atoms with Crippen molar-refractivity contribution in [2.75, 3.05) is 5.73 Å². The number of hydrogen-bond acceptors (Lipinski definition) is 3. The quantitative estimate of drug-likeness (QED) is 0.648. The van der Waals surface area contributed by atoms with Crippen LogP contribution in [0.25, 0.3) is 22.5 Å². The number of nitrogen functional groups attached to an aromatic ring is 1. The Kier molecular flexibility index (Phi) is 3.62. The summed E-state index contributed by atoms with van der Waals surface area (Å²) in [5.41, 5.74) is 7.79. The van der Waals surface area contributed by atoms with Crippen molar-refractivity contribution >= 4 is 28.4 Å². The monoisotopic (exact) mass is 398 g/mol. The van der Waals surface area contributed by atoms with Crippen LogP contribution in [0.5, 0.6) is 0 Å². The van der Waals surface area contributed by atoms with Crippen LogP contribution in [0.1, 0.15) is 0 Å². The van der Waals surface area contributed by atoms with Crippen molar-refractivity contribution < 1.29 is 13.3 Å². The third kappa shape index (κ3) is 2.63. The summed E-state index contributed by atoms with van der Waals surface area (Å²) in [6.45, 7) is 0. The zero-order valence-electron chi connectivity index (χ0n) is 10.6. The minimum Gasteiger partial charge on any atom is -0.380 e. The molecule has 0 atom stereocenters. The number of benzene rings is 2. The maximum absolute atomic E-state index is 13.2. The van der Waals surface area contributed by atoms with Crippen LogP contribution in [0.3, 0.4) is 0 Å². The predicted octanol–water partition coefficient (Wildman–Crippen LogP) is 4.47. The lowest BCUT2D eigenvalue weighted by Gasteiger charge is -2.05. The van der Waals surface area contributed by atoms with Crippen LogP contribution in [0.2, 0.25) is 0 Å². The number of anilines is 1. The van der Waals surface area contributed by atoms with Gasteiger partial charge in [-0.15, -0.1) is 0 Å². The Hall–Kier alpha value is -1.96. The zero-order chi connectivity index (χ0) is 15.0. The van der Waals surface area contributed by atoms with Crippen molar-refractivity contribution in [1.82, 2.24) is 5.16 Å². The average Bonchev–Trinajstić information content (AvgIpc) is 2.82. The van der Waals surface area contributed by atoms with Crippen LogP contribution < -0.4 is 5.73 Å². The second-order valence-electron chi connectivity index (χ2n) is 4.40. The molecule has 0 bridgehead atoms. The normalized spacial score (nSPS) is 10.8. The topological polar surface area (TPSA) is 52.0 Å². The third-order valence-corrected chi connectivity index (χ3v) is 3.92. The first-order valence-corrected chi connectivity index (χ1v) is 7.10. The largest absolute Gasteiger partial charge is 0.380 e. The van der Waals surface area contributed by atoms with Gasteiger partial charge >= 0.3 is 0 Å². The van der Waals surface area contributed by atoms with Gasteiger partial charge in [-0.1, -0.05) is 17.3 Å². The maximum Gasteiger partial charge on any atom is 0.177 e. The van der Waals surface area contributed by atoms with E-state index in [1.54, 1.807) is 18.2 Å². The molecule has 0 aliphatic rings. The van der Waals surface area contributed by atoms with E-state index in [2.05, 4.69) is 5.16 Å². The number of rotatable bonds is 2. The van der Waals surface area contributed by atoms with Crippen LogP contribution in [0.15, 0.2) is 47.0 Å². The Morgan fingerprint density at radius 2 is 1.67 bits per heavy atom. The fraction of sp³-hybridized carbons (Fsp3) is 0. The zero-order valence-corrected chi connectivity index (χ0v) is 12.8. The van der Waals surface area contributed by atoms with E-state index in [1.807, 2.05) is 22.6 Å². The molecular formula is C15H9F2IN2O. The molecular weight excluding hydrogens is 389 g/mol. The van der Waals surface area contributed by atoms with Crippen molar-refractivity contribution in [3.8, 4) is 22.5 Å². The van der Waals surface area contributed by atoms with Gasteiger partial charge in [0.15, 0.2) is 11.6 Å². The molecule has 1 heterocycles. The van der Waals surface area contributed by atoms with E-state index >= 15 is 0 Å². The molecule has 21 heavy (non-hydrogen) atoms. The van der Waals surface area contributed by atoms with Gasteiger partial charge in [0.1, 0.15) is 11.6 Å². The highest BCUT2D eigenvalue weighted by molar-refractivity contribution is 14.1. The fourth-order valence-corrected chi connectivity index (χ4v) is 2.78. The van der Waals surface area contributed by atoms with E-state index in [-0.39, 0.29) is 17.5 Å². The summed E-state index contributed by atoms with van der Waals surface area (Å²) in [6.07, 6.45) is 0. The van der Waals surface area contributed by atoms with E-state index in [0.29, 0.717) is 26.0 Å². The van der Waals surface area contributed by atoms with Crippen molar-refractivity contribution in [2.45, 2.75) is 0 Å². The molecule has 0 aliphatic carbocycles. The van der Waals surface area contributed by atoms with Crippen molar-refractivity contribution in [3.63, 3.8) is 0 Å². The van der Waals surface area contributed by atoms with Gasteiger partial charge in [0.2, 0.25) is 0 Å². The number of halogens is 3. The molecule has 1 aromatic heterocycles.